The van der Waals surface area contributed by atoms with E-state index in [9.17, 15) is 9.59 Å². The number of halogens is 1. The Hall–Kier alpha value is -2.48. The molecule has 0 aliphatic carbocycles. The van der Waals surface area contributed by atoms with Gasteiger partial charge in [0.15, 0.2) is 5.82 Å². The van der Waals surface area contributed by atoms with Crippen LogP contribution in [-0.4, -0.2) is 49.6 Å². The zero-order valence-electron chi connectivity index (χ0n) is 16.4. The van der Waals surface area contributed by atoms with Gasteiger partial charge in [-0.25, -0.2) is 4.98 Å². The Morgan fingerprint density at radius 1 is 1.25 bits per heavy atom. The maximum absolute atomic E-state index is 12.8. The Morgan fingerprint density at radius 3 is 2.71 bits per heavy atom. The zero-order chi connectivity index (χ0) is 20.3. The van der Waals surface area contributed by atoms with E-state index in [0.717, 1.165) is 18.1 Å². The van der Waals surface area contributed by atoms with E-state index >= 15 is 0 Å². The molecule has 0 aromatic carbocycles. The molecular formula is C19H25ClN6O2. The molecule has 2 aromatic rings. The van der Waals surface area contributed by atoms with Crippen molar-refractivity contribution in [3.8, 4) is 0 Å². The van der Waals surface area contributed by atoms with E-state index in [0.29, 0.717) is 42.7 Å². The number of nitrogens with zero attached hydrogens (tertiary/aromatic N) is 5. The van der Waals surface area contributed by atoms with Gasteiger partial charge >= 0.3 is 0 Å². The second-order valence-corrected chi connectivity index (χ2v) is 7.81. The van der Waals surface area contributed by atoms with E-state index < -0.39 is 0 Å². The molecule has 8 nitrogen and oxygen atoms in total. The molecule has 2 amide bonds. The van der Waals surface area contributed by atoms with Gasteiger partial charge in [-0.05, 0) is 24.5 Å². The molecule has 0 saturated carbocycles. The third kappa shape index (κ3) is 4.67. The van der Waals surface area contributed by atoms with Gasteiger partial charge in [0, 0.05) is 44.7 Å². The average Bonchev–Trinajstić information content (AvgIpc) is 2.91. The number of hydrogen-bond acceptors (Lipinski definition) is 5. The van der Waals surface area contributed by atoms with Gasteiger partial charge in [-0.2, -0.15) is 0 Å². The van der Waals surface area contributed by atoms with Gasteiger partial charge in [-0.3, -0.25) is 9.59 Å². The molecule has 3 heterocycles. The molecule has 0 fully saturated rings. The van der Waals surface area contributed by atoms with E-state index in [-0.39, 0.29) is 17.9 Å². The quantitative estimate of drug-likeness (QED) is 0.771. The molecular weight excluding hydrogens is 380 g/mol. The molecule has 150 valence electrons. The number of nitrogens with one attached hydrogen (secondary N) is 1. The fourth-order valence-electron chi connectivity index (χ4n) is 3.47. The Bertz CT molecular complexity index is 866. The lowest BCUT2D eigenvalue weighted by atomic mass is 10.0. The number of carbonyl (C=O) groups is 2. The fraction of sp³-hybridized carbons (Fsp3) is 0.526. The molecule has 1 atom stereocenters. The summed E-state index contributed by atoms with van der Waals surface area (Å²) in [4.78, 5) is 30.2. The summed E-state index contributed by atoms with van der Waals surface area (Å²) in [5.41, 5.74) is 0.522. The van der Waals surface area contributed by atoms with Crippen molar-refractivity contribution >= 4 is 23.4 Å². The van der Waals surface area contributed by atoms with Crippen LogP contribution < -0.4 is 5.32 Å². The minimum atomic E-state index is -0.194. The molecule has 0 radical (unpaired) electrons. The third-order valence-corrected chi connectivity index (χ3v) is 4.92. The molecule has 1 aliphatic rings. The highest BCUT2D eigenvalue weighted by Crippen LogP contribution is 2.22. The monoisotopic (exact) mass is 404 g/mol. The van der Waals surface area contributed by atoms with Gasteiger partial charge in [-0.15, -0.1) is 10.2 Å². The number of carbonyl (C=O) groups excluding carboxylic acids is 2. The summed E-state index contributed by atoms with van der Waals surface area (Å²) < 4.78 is 2.04. The highest BCUT2D eigenvalue weighted by molar-refractivity contribution is 6.29. The first-order valence-corrected chi connectivity index (χ1v) is 9.83. The van der Waals surface area contributed by atoms with Crippen molar-refractivity contribution in [3.63, 3.8) is 0 Å². The minimum absolute atomic E-state index is 0.0786. The molecule has 9 heteroatoms. The predicted molar refractivity (Wildman–Crippen MR) is 105 cm³/mol. The first-order chi connectivity index (χ1) is 13.3. The zero-order valence-corrected chi connectivity index (χ0v) is 17.1. The number of amides is 2. The summed E-state index contributed by atoms with van der Waals surface area (Å²) in [6.07, 6.45) is 2.91. The van der Waals surface area contributed by atoms with Crippen LogP contribution >= 0.6 is 11.6 Å². The number of aromatic nitrogens is 4. The fourth-order valence-corrected chi connectivity index (χ4v) is 3.64. The number of fused-ring (bicyclic) bond motifs is 1. The van der Waals surface area contributed by atoms with E-state index in [1.807, 2.05) is 4.57 Å². The molecule has 0 bridgehead atoms. The molecule has 1 aliphatic heterocycles. The maximum Gasteiger partial charge on any atom is 0.254 e. The highest BCUT2D eigenvalue weighted by Gasteiger charge is 2.27. The van der Waals surface area contributed by atoms with Crippen LogP contribution in [0.5, 0.6) is 0 Å². The molecule has 3 rings (SSSR count). The van der Waals surface area contributed by atoms with Crippen LogP contribution in [0.1, 0.15) is 55.2 Å². The van der Waals surface area contributed by atoms with Crippen LogP contribution in [0.25, 0.3) is 0 Å². The lowest BCUT2D eigenvalue weighted by Crippen LogP contribution is -2.34. The van der Waals surface area contributed by atoms with Crippen LogP contribution in [0.15, 0.2) is 18.3 Å². The van der Waals surface area contributed by atoms with Crippen molar-refractivity contribution in [3.05, 3.63) is 40.7 Å². The van der Waals surface area contributed by atoms with Gasteiger partial charge in [-0.1, -0.05) is 25.4 Å². The van der Waals surface area contributed by atoms with Crippen LogP contribution in [-0.2, 0) is 17.8 Å². The Balaban J connectivity index is 1.78. The van der Waals surface area contributed by atoms with Gasteiger partial charge in [0.2, 0.25) is 5.91 Å². The molecule has 0 saturated heterocycles. The van der Waals surface area contributed by atoms with Crippen molar-refractivity contribution in [1.82, 2.24) is 30.0 Å². The smallest absolute Gasteiger partial charge is 0.254 e. The Labute approximate surface area is 169 Å². The average molecular weight is 405 g/mol. The van der Waals surface area contributed by atoms with Crippen molar-refractivity contribution in [2.24, 2.45) is 5.92 Å². The van der Waals surface area contributed by atoms with E-state index in [1.165, 1.54) is 13.1 Å². The van der Waals surface area contributed by atoms with Crippen molar-refractivity contribution in [2.45, 2.75) is 46.2 Å². The summed E-state index contributed by atoms with van der Waals surface area (Å²) in [7, 11) is 0. The summed E-state index contributed by atoms with van der Waals surface area (Å²) in [5, 5.41) is 12.0. The first kappa shape index (κ1) is 20.3. The van der Waals surface area contributed by atoms with Crippen molar-refractivity contribution in [1.29, 1.82) is 0 Å². The number of hydrogen-bond donors (Lipinski definition) is 1. The van der Waals surface area contributed by atoms with Crippen LogP contribution in [0.3, 0.4) is 0 Å². The van der Waals surface area contributed by atoms with E-state index in [1.54, 1.807) is 17.0 Å². The minimum Gasteiger partial charge on any atom is -0.346 e. The van der Waals surface area contributed by atoms with Crippen LogP contribution in [0, 0.1) is 5.92 Å². The summed E-state index contributed by atoms with van der Waals surface area (Å²) in [6.45, 7) is 7.38. The first-order valence-electron chi connectivity index (χ1n) is 9.45. The third-order valence-electron chi connectivity index (χ3n) is 4.71. The van der Waals surface area contributed by atoms with Gasteiger partial charge in [0.1, 0.15) is 11.0 Å². The standard InChI is InChI=1S/C19H25ClN6O2/c1-12(2)10-15(22-13(3)27)18-24-23-17-5-7-25(8-9-26(17)18)19(28)14-4-6-21-16(20)11-14/h4,6,11-12,15H,5,7-10H2,1-3H3,(H,22,27). The van der Waals surface area contributed by atoms with E-state index in [2.05, 4.69) is 34.3 Å². The van der Waals surface area contributed by atoms with Crippen LogP contribution in [0.4, 0.5) is 0 Å². The summed E-state index contributed by atoms with van der Waals surface area (Å²) in [6, 6.07) is 3.05. The molecule has 1 unspecified atom stereocenters. The van der Waals surface area contributed by atoms with Gasteiger partial charge < -0.3 is 14.8 Å². The lowest BCUT2D eigenvalue weighted by Gasteiger charge is -2.22. The molecule has 2 aromatic heterocycles. The second-order valence-electron chi connectivity index (χ2n) is 7.42. The Morgan fingerprint density at radius 2 is 2.04 bits per heavy atom. The molecule has 28 heavy (non-hydrogen) atoms. The number of rotatable bonds is 5. The SMILES string of the molecule is CC(=O)NC(CC(C)C)c1nnc2n1CCN(C(=O)c1ccnc(Cl)c1)CC2. The summed E-state index contributed by atoms with van der Waals surface area (Å²) >= 11 is 5.92. The molecule has 0 spiro atoms. The predicted octanol–water partition coefficient (Wildman–Crippen LogP) is 2.25. The largest absolute Gasteiger partial charge is 0.346 e. The van der Waals surface area contributed by atoms with Gasteiger partial charge in [0.05, 0.1) is 6.04 Å². The Kier molecular flexibility index (Phi) is 6.28. The van der Waals surface area contributed by atoms with Crippen molar-refractivity contribution in [2.75, 3.05) is 13.1 Å². The highest BCUT2D eigenvalue weighted by atomic mass is 35.5. The second kappa shape index (κ2) is 8.68. The van der Waals surface area contributed by atoms with Crippen molar-refractivity contribution < 1.29 is 9.59 Å². The van der Waals surface area contributed by atoms with Crippen LogP contribution in [0.2, 0.25) is 5.15 Å². The normalized spacial score (nSPS) is 15.1. The summed E-state index contributed by atoms with van der Waals surface area (Å²) in [5.74, 6) is 1.80. The van der Waals surface area contributed by atoms with Gasteiger partial charge in [0.25, 0.3) is 5.91 Å². The number of pyridine rings is 1. The molecule has 1 N–H and O–H groups in total. The van der Waals surface area contributed by atoms with E-state index in [4.69, 9.17) is 11.6 Å². The maximum atomic E-state index is 12.8. The lowest BCUT2D eigenvalue weighted by molar-refractivity contribution is -0.119. The topological polar surface area (TPSA) is 93.0 Å².